The molecule has 1 saturated heterocycles. The Morgan fingerprint density at radius 3 is 2.75 bits per heavy atom. The summed E-state index contributed by atoms with van der Waals surface area (Å²) in [7, 11) is 0. The Bertz CT molecular complexity index is 284. The van der Waals surface area contributed by atoms with Crippen LogP contribution in [0.15, 0.2) is 0 Å². The Morgan fingerprint density at radius 1 is 1.40 bits per heavy atom. The van der Waals surface area contributed by atoms with Gasteiger partial charge in [0.25, 0.3) is 0 Å². The fourth-order valence-corrected chi connectivity index (χ4v) is 2.79. The van der Waals surface area contributed by atoms with Crippen molar-refractivity contribution in [2.75, 3.05) is 26.2 Å². The van der Waals surface area contributed by atoms with Gasteiger partial charge in [-0.15, -0.1) is 0 Å². The molecule has 5 nitrogen and oxygen atoms in total. The zero-order valence-corrected chi connectivity index (χ0v) is 13.2. The maximum Gasteiger partial charge on any atom is 0.315 e. The Labute approximate surface area is 123 Å². The first-order chi connectivity index (χ1) is 9.52. The molecule has 1 fully saturated rings. The van der Waals surface area contributed by atoms with Crippen LogP contribution in [-0.2, 0) is 0 Å². The van der Waals surface area contributed by atoms with E-state index in [2.05, 4.69) is 36.3 Å². The summed E-state index contributed by atoms with van der Waals surface area (Å²) < 4.78 is 0. The van der Waals surface area contributed by atoms with E-state index < -0.39 is 0 Å². The number of rotatable bonds is 7. The Kier molecular flexibility index (Phi) is 7.92. The van der Waals surface area contributed by atoms with Crippen molar-refractivity contribution in [2.24, 2.45) is 5.92 Å². The van der Waals surface area contributed by atoms with Crippen molar-refractivity contribution >= 4 is 6.03 Å². The minimum atomic E-state index is -0.172. The number of aliphatic hydroxyl groups excluding tert-OH is 1. The molecule has 118 valence electrons. The Morgan fingerprint density at radius 2 is 2.15 bits per heavy atom. The highest BCUT2D eigenvalue weighted by Crippen LogP contribution is 2.15. The molecule has 0 spiro atoms. The summed E-state index contributed by atoms with van der Waals surface area (Å²) in [6.07, 6.45) is 4.64. The number of likely N-dealkylation sites (tertiary alicyclic amines) is 1. The first-order valence-corrected chi connectivity index (χ1v) is 7.92. The summed E-state index contributed by atoms with van der Waals surface area (Å²) in [6.45, 7) is 9.12. The van der Waals surface area contributed by atoms with Crippen molar-refractivity contribution in [3.63, 3.8) is 0 Å². The van der Waals surface area contributed by atoms with Crippen molar-refractivity contribution in [1.82, 2.24) is 15.5 Å². The fourth-order valence-electron chi connectivity index (χ4n) is 2.79. The highest BCUT2D eigenvalue weighted by molar-refractivity contribution is 5.74. The quantitative estimate of drug-likeness (QED) is 0.665. The van der Waals surface area contributed by atoms with Gasteiger partial charge >= 0.3 is 6.03 Å². The van der Waals surface area contributed by atoms with Gasteiger partial charge in [-0.1, -0.05) is 20.3 Å². The third kappa shape index (κ3) is 6.57. The van der Waals surface area contributed by atoms with Crippen molar-refractivity contribution in [2.45, 2.75) is 58.5 Å². The van der Waals surface area contributed by atoms with E-state index in [4.69, 9.17) is 0 Å². The molecule has 0 saturated carbocycles. The standard InChI is InChI=1S/C15H31N3O2/c1-12(2)10-14(11-19)17-15(20)16-7-9-18-8-5-4-6-13(18)3/h12-14,19H,4-11H2,1-3H3,(H2,16,17,20)/t13-,14-/m1/s1. The van der Waals surface area contributed by atoms with E-state index in [-0.39, 0.29) is 18.7 Å². The Hall–Kier alpha value is -0.810. The maximum absolute atomic E-state index is 11.8. The van der Waals surface area contributed by atoms with Gasteiger partial charge in [-0.3, -0.25) is 4.90 Å². The third-order valence-electron chi connectivity index (χ3n) is 3.94. The first-order valence-electron chi connectivity index (χ1n) is 7.92. The smallest absolute Gasteiger partial charge is 0.315 e. The molecule has 0 aromatic rings. The molecule has 0 bridgehead atoms. The number of hydrogen-bond donors (Lipinski definition) is 3. The van der Waals surface area contributed by atoms with Crippen LogP contribution in [0.1, 0.15) is 46.5 Å². The molecule has 1 rings (SSSR count). The molecule has 0 aliphatic carbocycles. The van der Waals surface area contributed by atoms with E-state index >= 15 is 0 Å². The van der Waals surface area contributed by atoms with E-state index in [1.54, 1.807) is 0 Å². The van der Waals surface area contributed by atoms with Crippen LogP contribution in [0.2, 0.25) is 0 Å². The lowest BCUT2D eigenvalue weighted by Gasteiger charge is -2.33. The van der Waals surface area contributed by atoms with Gasteiger partial charge in [0.15, 0.2) is 0 Å². The number of piperidine rings is 1. The summed E-state index contributed by atoms with van der Waals surface area (Å²) in [5.74, 6) is 0.460. The number of urea groups is 1. The molecule has 0 aromatic carbocycles. The maximum atomic E-state index is 11.8. The Balaban J connectivity index is 2.18. The minimum Gasteiger partial charge on any atom is -0.394 e. The van der Waals surface area contributed by atoms with Gasteiger partial charge < -0.3 is 15.7 Å². The lowest BCUT2D eigenvalue weighted by Crippen LogP contribution is -2.47. The number of aliphatic hydroxyl groups is 1. The monoisotopic (exact) mass is 285 g/mol. The SMILES string of the molecule is CC(C)C[C@H](CO)NC(=O)NCCN1CCCC[C@H]1C. The molecule has 3 N–H and O–H groups in total. The molecule has 1 aliphatic heterocycles. The summed E-state index contributed by atoms with van der Waals surface area (Å²) in [5.41, 5.74) is 0. The lowest BCUT2D eigenvalue weighted by molar-refractivity contribution is 0.160. The fraction of sp³-hybridized carbons (Fsp3) is 0.933. The number of nitrogens with one attached hydrogen (secondary N) is 2. The summed E-state index contributed by atoms with van der Waals surface area (Å²) in [6, 6.07) is 0.304. The van der Waals surface area contributed by atoms with E-state index in [1.165, 1.54) is 19.3 Å². The van der Waals surface area contributed by atoms with E-state index in [0.29, 0.717) is 18.5 Å². The molecule has 2 amide bonds. The molecular formula is C15H31N3O2. The second-order valence-corrected chi connectivity index (χ2v) is 6.29. The number of amides is 2. The topological polar surface area (TPSA) is 64.6 Å². The molecule has 0 unspecified atom stereocenters. The van der Waals surface area contributed by atoms with Crippen LogP contribution in [0.4, 0.5) is 4.79 Å². The van der Waals surface area contributed by atoms with Crippen LogP contribution in [0, 0.1) is 5.92 Å². The number of nitrogens with zero attached hydrogens (tertiary/aromatic N) is 1. The molecule has 1 aliphatic rings. The first kappa shape index (κ1) is 17.2. The lowest BCUT2D eigenvalue weighted by atomic mass is 10.0. The number of carbonyl (C=O) groups excluding carboxylic acids is 1. The highest BCUT2D eigenvalue weighted by Gasteiger charge is 2.18. The van der Waals surface area contributed by atoms with Crippen LogP contribution in [0.5, 0.6) is 0 Å². The molecule has 0 aromatic heterocycles. The second kappa shape index (κ2) is 9.19. The average molecular weight is 285 g/mol. The number of hydrogen-bond acceptors (Lipinski definition) is 3. The third-order valence-corrected chi connectivity index (χ3v) is 3.94. The van der Waals surface area contributed by atoms with Gasteiger partial charge in [0.2, 0.25) is 0 Å². The summed E-state index contributed by atoms with van der Waals surface area (Å²) in [4.78, 5) is 14.2. The van der Waals surface area contributed by atoms with Crippen molar-refractivity contribution in [1.29, 1.82) is 0 Å². The van der Waals surface area contributed by atoms with Gasteiger partial charge in [0.1, 0.15) is 0 Å². The normalized spacial score (nSPS) is 21.8. The van der Waals surface area contributed by atoms with Gasteiger partial charge in [0, 0.05) is 19.1 Å². The molecule has 0 radical (unpaired) electrons. The predicted octanol–water partition coefficient (Wildman–Crippen LogP) is 1.57. The van der Waals surface area contributed by atoms with Gasteiger partial charge in [-0.2, -0.15) is 0 Å². The molecule has 20 heavy (non-hydrogen) atoms. The zero-order valence-electron chi connectivity index (χ0n) is 13.2. The van der Waals surface area contributed by atoms with Gasteiger partial charge in [0.05, 0.1) is 12.6 Å². The van der Waals surface area contributed by atoms with Crippen molar-refractivity contribution in [3.8, 4) is 0 Å². The number of carbonyl (C=O) groups is 1. The van der Waals surface area contributed by atoms with Crippen LogP contribution in [-0.4, -0.2) is 54.4 Å². The molecule has 1 heterocycles. The van der Waals surface area contributed by atoms with Crippen LogP contribution in [0.25, 0.3) is 0 Å². The van der Waals surface area contributed by atoms with Crippen LogP contribution < -0.4 is 10.6 Å². The summed E-state index contributed by atoms with van der Waals surface area (Å²) >= 11 is 0. The van der Waals surface area contributed by atoms with E-state index in [9.17, 15) is 9.90 Å². The van der Waals surface area contributed by atoms with E-state index in [1.807, 2.05) is 0 Å². The predicted molar refractivity (Wildman–Crippen MR) is 81.7 cm³/mol. The minimum absolute atomic E-state index is 0.00520. The molecule has 2 atom stereocenters. The second-order valence-electron chi connectivity index (χ2n) is 6.29. The zero-order chi connectivity index (χ0) is 15.0. The van der Waals surface area contributed by atoms with E-state index in [0.717, 1.165) is 19.5 Å². The molecular weight excluding hydrogens is 254 g/mol. The largest absolute Gasteiger partial charge is 0.394 e. The van der Waals surface area contributed by atoms with Crippen molar-refractivity contribution in [3.05, 3.63) is 0 Å². The van der Waals surface area contributed by atoms with Crippen LogP contribution >= 0.6 is 0 Å². The van der Waals surface area contributed by atoms with Gasteiger partial charge in [-0.25, -0.2) is 4.79 Å². The van der Waals surface area contributed by atoms with Crippen molar-refractivity contribution < 1.29 is 9.90 Å². The molecule has 5 heteroatoms. The highest BCUT2D eigenvalue weighted by atomic mass is 16.3. The van der Waals surface area contributed by atoms with Gasteiger partial charge in [-0.05, 0) is 38.6 Å². The average Bonchev–Trinajstić information content (AvgIpc) is 2.39. The summed E-state index contributed by atoms with van der Waals surface area (Å²) in [5, 5.41) is 15.0. The van der Waals surface area contributed by atoms with Crippen LogP contribution in [0.3, 0.4) is 0 Å².